The molecular formula is C18H27N5O3S. The van der Waals surface area contributed by atoms with Gasteiger partial charge in [-0.15, -0.1) is 5.10 Å². The van der Waals surface area contributed by atoms with E-state index in [1.54, 1.807) is 7.11 Å². The van der Waals surface area contributed by atoms with Gasteiger partial charge in [0.2, 0.25) is 5.91 Å². The molecule has 0 spiro atoms. The van der Waals surface area contributed by atoms with Crippen LogP contribution in [0.3, 0.4) is 0 Å². The molecule has 0 saturated carbocycles. The molecule has 0 aliphatic rings. The Balaban J connectivity index is 1.67. The summed E-state index contributed by atoms with van der Waals surface area (Å²) in [5, 5.41) is 9.84. The van der Waals surface area contributed by atoms with Crippen LogP contribution < -0.4 is 15.9 Å². The van der Waals surface area contributed by atoms with Crippen molar-refractivity contribution in [1.29, 1.82) is 0 Å². The van der Waals surface area contributed by atoms with E-state index < -0.39 is 0 Å². The molecule has 1 amide bonds. The van der Waals surface area contributed by atoms with Crippen molar-refractivity contribution in [1.82, 2.24) is 20.1 Å². The van der Waals surface area contributed by atoms with Crippen LogP contribution in [-0.2, 0) is 16.1 Å². The van der Waals surface area contributed by atoms with Crippen LogP contribution in [0.25, 0.3) is 0 Å². The van der Waals surface area contributed by atoms with Crippen molar-refractivity contribution < 1.29 is 9.53 Å². The minimum absolute atomic E-state index is 0.0683. The van der Waals surface area contributed by atoms with Crippen LogP contribution in [0.5, 0.6) is 0 Å². The Morgan fingerprint density at radius 3 is 2.85 bits per heavy atom. The summed E-state index contributed by atoms with van der Waals surface area (Å²) in [5.41, 5.74) is 0.891. The monoisotopic (exact) mass is 393 g/mol. The summed E-state index contributed by atoms with van der Waals surface area (Å²) in [6, 6.07) is 10.1. The zero-order valence-electron chi connectivity index (χ0n) is 15.8. The van der Waals surface area contributed by atoms with E-state index in [9.17, 15) is 9.59 Å². The molecule has 9 heteroatoms. The number of H-pyrrole nitrogens is 1. The SMILES string of the molecule is COCCCn1c(SCC(=O)NCCCN(C)c2ccccc2)n[nH]c1=O. The highest BCUT2D eigenvalue weighted by Gasteiger charge is 2.11. The normalized spacial score (nSPS) is 10.7. The quantitative estimate of drug-likeness (QED) is 0.418. The molecule has 0 aliphatic heterocycles. The first-order valence-corrected chi connectivity index (χ1v) is 9.90. The highest BCUT2D eigenvalue weighted by Crippen LogP contribution is 2.13. The molecule has 0 saturated heterocycles. The molecule has 0 aliphatic carbocycles. The smallest absolute Gasteiger partial charge is 0.343 e. The van der Waals surface area contributed by atoms with Gasteiger partial charge in [0.1, 0.15) is 0 Å². The van der Waals surface area contributed by atoms with E-state index in [2.05, 4.69) is 32.5 Å². The Morgan fingerprint density at radius 2 is 2.11 bits per heavy atom. The van der Waals surface area contributed by atoms with Gasteiger partial charge >= 0.3 is 5.69 Å². The number of para-hydroxylation sites is 1. The van der Waals surface area contributed by atoms with Gasteiger partial charge in [0.15, 0.2) is 5.16 Å². The van der Waals surface area contributed by atoms with Gasteiger partial charge in [-0.05, 0) is 25.0 Å². The summed E-state index contributed by atoms with van der Waals surface area (Å²) < 4.78 is 6.53. The maximum absolute atomic E-state index is 12.0. The lowest BCUT2D eigenvalue weighted by atomic mass is 10.3. The maximum atomic E-state index is 12.0. The average molecular weight is 394 g/mol. The fourth-order valence-corrected chi connectivity index (χ4v) is 3.32. The first kappa shape index (κ1) is 21.0. The van der Waals surface area contributed by atoms with Crippen molar-refractivity contribution >= 4 is 23.4 Å². The summed E-state index contributed by atoms with van der Waals surface area (Å²) in [4.78, 5) is 25.9. The number of aromatic amines is 1. The molecule has 1 aromatic heterocycles. The number of rotatable bonds is 12. The van der Waals surface area contributed by atoms with Crippen molar-refractivity contribution in [3.63, 3.8) is 0 Å². The van der Waals surface area contributed by atoms with Crippen molar-refractivity contribution in [3.05, 3.63) is 40.8 Å². The lowest BCUT2D eigenvalue weighted by Crippen LogP contribution is -2.29. The number of aromatic nitrogens is 3. The summed E-state index contributed by atoms with van der Waals surface area (Å²) in [5.74, 6) is 0.157. The first-order valence-electron chi connectivity index (χ1n) is 8.91. The third-order valence-electron chi connectivity index (χ3n) is 3.98. The van der Waals surface area contributed by atoms with Crippen molar-refractivity contribution in [3.8, 4) is 0 Å². The van der Waals surface area contributed by atoms with Crippen molar-refractivity contribution in [2.24, 2.45) is 0 Å². The average Bonchev–Trinajstić information content (AvgIpc) is 3.04. The molecule has 2 aromatic rings. The molecular weight excluding hydrogens is 366 g/mol. The molecule has 0 unspecified atom stereocenters. The van der Waals surface area contributed by atoms with Gasteiger partial charge in [-0.1, -0.05) is 30.0 Å². The van der Waals surface area contributed by atoms with Crippen LogP contribution in [-0.4, -0.2) is 60.3 Å². The Morgan fingerprint density at radius 1 is 1.33 bits per heavy atom. The van der Waals surface area contributed by atoms with Gasteiger partial charge in [-0.25, -0.2) is 9.89 Å². The second kappa shape index (κ2) is 11.5. The minimum atomic E-state index is -0.266. The maximum Gasteiger partial charge on any atom is 0.343 e. The zero-order valence-corrected chi connectivity index (χ0v) is 16.6. The number of benzene rings is 1. The number of carbonyl (C=O) groups is 1. The summed E-state index contributed by atoms with van der Waals surface area (Å²) in [6.45, 7) is 2.55. The standard InChI is InChI=1S/C18H27N5O3S/c1-22(15-8-4-3-5-9-15)11-6-10-19-16(24)14-27-18-21-20-17(25)23(18)12-7-13-26-2/h3-5,8-9H,6-7,10-14H2,1-2H3,(H,19,24)(H,20,25). The van der Waals surface area contributed by atoms with E-state index in [0.29, 0.717) is 31.3 Å². The minimum Gasteiger partial charge on any atom is -0.385 e. The predicted molar refractivity (Wildman–Crippen MR) is 107 cm³/mol. The number of nitrogens with one attached hydrogen (secondary N) is 2. The van der Waals surface area contributed by atoms with Gasteiger partial charge in [0.25, 0.3) is 0 Å². The number of anilines is 1. The van der Waals surface area contributed by atoms with E-state index in [1.807, 2.05) is 25.2 Å². The second-order valence-electron chi connectivity index (χ2n) is 6.06. The number of hydrogen-bond acceptors (Lipinski definition) is 6. The molecule has 0 fully saturated rings. The van der Waals surface area contributed by atoms with Crippen LogP contribution in [0.15, 0.2) is 40.3 Å². The highest BCUT2D eigenvalue weighted by atomic mass is 32.2. The van der Waals surface area contributed by atoms with E-state index in [-0.39, 0.29) is 17.3 Å². The zero-order chi connectivity index (χ0) is 19.5. The summed E-state index contributed by atoms with van der Waals surface area (Å²) >= 11 is 1.25. The largest absolute Gasteiger partial charge is 0.385 e. The Labute approximate surface area is 163 Å². The number of methoxy groups -OCH3 is 1. The molecule has 2 rings (SSSR count). The van der Waals surface area contributed by atoms with Gasteiger partial charge in [-0.2, -0.15) is 0 Å². The van der Waals surface area contributed by atoms with Gasteiger partial charge in [0.05, 0.1) is 5.75 Å². The Bertz CT molecular complexity index is 747. The van der Waals surface area contributed by atoms with E-state index >= 15 is 0 Å². The number of ether oxygens (including phenoxy) is 1. The molecule has 1 heterocycles. The fraction of sp³-hybridized carbons (Fsp3) is 0.500. The summed E-state index contributed by atoms with van der Waals surface area (Å²) in [6.07, 6.45) is 1.57. The molecule has 2 N–H and O–H groups in total. The lowest BCUT2D eigenvalue weighted by molar-refractivity contribution is -0.118. The second-order valence-corrected chi connectivity index (χ2v) is 7.00. The Hall–Kier alpha value is -2.26. The van der Waals surface area contributed by atoms with Gasteiger partial charge in [-0.3, -0.25) is 9.36 Å². The first-order chi connectivity index (χ1) is 13.1. The third-order valence-corrected chi connectivity index (χ3v) is 4.95. The van der Waals surface area contributed by atoms with E-state index in [4.69, 9.17) is 4.74 Å². The van der Waals surface area contributed by atoms with Gasteiger partial charge in [0, 0.05) is 46.1 Å². The van der Waals surface area contributed by atoms with Crippen molar-refractivity contribution in [2.45, 2.75) is 24.5 Å². The predicted octanol–water partition coefficient (Wildman–Crippen LogP) is 1.34. The molecule has 0 atom stereocenters. The number of thioether (sulfide) groups is 1. The van der Waals surface area contributed by atoms with Crippen LogP contribution in [0.4, 0.5) is 5.69 Å². The van der Waals surface area contributed by atoms with E-state index in [1.165, 1.54) is 16.3 Å². The van der Waals surface area contributed by atoms with Crippen molar-refractivity contribution in [2.75, 3.05) is 44.5 Å². The third kappa shape index (κ3) is 7.10. The molecule has 0 bridgehead atoms. The number of amides is 1. The van der Waals surface area contributed by atoms with E-state index in [0.717, 1.165) is 18.7 Å². The lowest BCUT2D eigenvalue weighted by Gasteiger charge is -2.19. The van der Waals surface area contributed by atoms with Crippen LogP contribution in [0.1, 0.15) is 12.8 Å². The number of hydrogen-bond donors (Lipinski definition) is 2. The summed E-state index contributed by atoms with van der Waals surface area (Å²) in [7, 11) is 3.66. The number of carbonyl (C=O) groups excluding carboxylic acids is 1. The topological polar surface area (TPSA) is 92.2 Å². The molecule has 0 radical (unpaired) electrons. The number of nitrogens with zero attached hydrogens (tertiary/aromatic N) is 3. The molecule has 27 heavy (non-hydrogen) atoms. The molecule has 148 valence electrons. The Kier molecular flexibility index (Phi) is 8.93. The van der Waals surface area contributed by atoms with Crippen LogP contribution in [0.2, 0.25) is 0 Å². The molecule has 1 aromatic carbocycles. The van der Waals surface area contributed by atoms with Gasteiger partial charge < -0.3 is 15.0 Å². The highest BCUT2D eigenvalue weighted by molar-refractivity contribution is 7.99. The van der Waals surface area contributed by atoms with Crippen LogP contribution in [0, 0.1) is 0 Å². The molecule has 8 nitrogen and oxygen atoms in total. The van der Waals surface area contributed by atoms with Crippen LogP contribution >= 0.6 is 11.8 Å². The fourth-order valence-electron chi connectivity index (χ4n) is 2.51.